The minimum absolute atomic E-state index is 0.0172. The second kappa shape index (κ2) is 7.31. The van der Waals surface area contributed by atoms with Crippen molar-refractivity contribution in [2.45, 2.75) is 39.8 Å². The maximum atomic E-state index is 12.8. The number of carbonyl (C=O) groups excluding carboxylic acids is 2. The molecule has 1 N–H and O–H groups in total. The smallest absolute Gasteiger partial charge is 0.226 e. The van der Waals surface area contributed by atoms with Gasteiger partial charge in [0.25, 0.3) is 0 Å². The fourth-order valence-electron chi connectivity index (χ4n) is 3.60. The molecule has 0 bridgehead atoms. The third-order valence-corrected chi connectivity index (χ3v) is 5.10. The molecule has 1 saturated heterocycles. The van der Waals surface area contributed by atoms with Crippen LogP contribution >= 0.6 is 0 Å². The van der Waals surface area contributed by atoms with Crippen molar-refractivity contribution in [3.8, 4) is 0 Å². The Morgan fingerprint density at radius 1 is 1.31 bits per heavy atom. The van der Waals surface area contributed by atoms with Crippen molar-refractivity contribution in [1.82, 2.24) is 29.8 Å². The highest BCUT2D eigenvalue weighted by Crippen LogP contribution is 2.39. The predicted molar refractivity (Wildman–Crippen MR) is 96.2 cm³/mol. The van der Waals surface area contributed by atoms with Crippen LogP contribution in [0.4, 0.5) is 0 Å². The van der Waals surface area contributed by atoms with Crippen LogP contribution in [0.5, 0.6) is 0 Å². The Labute approximate surface area is 153 Å². The molecule has 8 heteroatoms. The molecular formula is C18H26N6O2. The molecule has 0 aromatic carbocycles. The molecular weight excluding hydrogens is 332 g/mol. The molecule has 2 aromatic rings. The molecule has 1 aliphatic heterocycles. The van der Waals surface area contributed by atoms with Gasteiger partial charge in [-0.1, -0.05) is 0 Å². The van der Waals surface area contributed by atoms with E-state index in [2.05, 4.69) is 15.5 Å². The van der Waals surface area contributed by atoms with Gasteiger partial charge in [-0.2, -0.15) is 10.2 Å². The van der Waals surface area contributed by atoms with E-state index >= 15 is 0 Å². The van der Waals surface area contributed by atoms with E-state index < -0.39 is 5.92 Å². The summed E-state index contributed by atoms with van der Waals surface area (Å²) in [6.07, 6.45) is 5.73. The Kier molecular flexibility index (Phi) is 5.11. The first-order valence-electron chi connectivity index (χ1n) is 8.97. The van der Waals surface area contributed by atoms with E-state index in [0.717, 1.165) is 16.8 Å². The van der Waals surface area contributed by atoms with Gasteiger partial charge in [0.2, 0.25) is 11.8 Å². The molecule has 8 nitrogen and oxygen atoms in total. The lowest BCUT2D eigenvalue weighted by atomic mass is 9.93. The molecule has 2 aromatic heterocycles. The molecule has 3 heterocycles. The average molecular weight is 358 g/mol. The van der Waals surface area contributed by atoms with Crippen LogP contribution in [-0.2, 0) is 23.2 Å². The van der Waals surface area contributed by atoms with Crippen molar-refractivity contribution < 1.29 is 9.59 Å². The van der Waals surface area contributed by atoms with Gasteiger partial charge in [0, 0.05) is 44.0 Å². The fourth-order valence-corrected chi connectivity index (χ4v) is 3.60. The Morgan fingerprint density at radius 2 is 2.08 bits per heavy atom. The van der Waals surface area contributed by atoms with Crippen molar-refractivity contribution in [2.24, 2.45) is 13.0 Å². The van der Waals surface area contributed by atoms with Crippen LogP contribution in [0, 0.1) is 19.8 Å². The van der Waals surface area contributed by atoms with Crippen molar-refractivity contribution in [1.29, 1.82) is 0 Å². The number of likely N-dealkylation sites (tertiary alicyclic amines) is 1. The van der Waals surface area contributed by atoms with Gasteiger partial charge >= 0.3 is 0 Å². The monoisotopic (exact) mass is 358 g/mol. The minimum atomic E-state index is -0.398. The van der Waals surface area contributed by atoms with Gasteiger partial charge in [0.1, 0.15) is 0 Å². The van der Waals surface area contributed by atoms with Gasteiger partial charge in [-0.05, 0) is 26.3 Å². The van der Waals surface area contributed by atoms with E-state index in [1.54, 1.807) is 26.7 Å². The Balaban J connectivity index is 1.72. The minimum Gasteiger partial charge on any atom is -0.354 e. The summed E-state index contributed by atoms with van der Waals surface area (Å²) in [5.74, 6) is -0.472. The number of rotatable bonds is 6. The molecule has 1 aliphatic rings. The maximum absolute atomic E-state index is 12.8. The van der Waals surface area contributed by atoms with E-state index in [4.69, 9.17) is 0 Å². The lowest BCUT2D eigenvalue weighted by Gasteiger charge is -2.26. The lowest BCUT2D eigenvalue weighted by Crippen LogP contribution is -2.37. The molecule has 3 rings (SSSR count). The molecule has 2 atom stereocenters. The summed E-state index contributed by atoms with van der Waals surface area (Å²) < 4.78 is 3.58. The van der Waals surface area contributed by atoms with Crippen LogP contribution in [0.2, 0.25) is 0 Å². The number of nitrogens with zero attached hydrogens (tertiary/aromatic N) is 5. The third-order valence-electron chi connectivity index (χ3n) is 5.10. The largest absolute Gasteiger partial charge is 0.354 e. The highest BCUT2D eigenvalue weighted by atomic mass is 16.2. The van der Waals surface area contributed by atoms with Gasteiger partial charge < -0.3 is 10.2 Å². The van der Waals surface area contributed by atoms with Crippen molar-refractivity contribution in [3.63, 3.8) is 0 Å². The standard InChI is InChI=1S/C18H26N6O2/c1-5-24-16(25)8-14(17(24)15-10-20-22(4)13(15)3)18(26)19-6-7-23-11-12(2)9-21-23/h9-11,14,17H,5-8H2,1-4H3,(H,19,26)/t14-,17-/m0/s1. The highest BCUT2D eigenvalue weighted by molar-refractivity contribution is 5.90. The van der Waals surface area contributed by atoms with E-state index in [9.17, 15) is 9.59 Å². The molecule has 0 spiro atoms. The van der Waals surface area contributed by atoms with Gasteiger partial charge in [0.15, 0.2) is 0 Å². The zero-order valence-corrected chi connectivity index (χ0v) is 15.8. The molecule has 0 unspecified atom stereocenters. The number of aromatic nitrogens is 4. The van der Waals surface area contributed by atoms with Crippen molar-refractivity contribution in [3.05, 3.63) is 35.4 Å². The summed E-state index contributed by atoms with van der Waals surface area (Å²) >= 11 is 0. The van der Waals surface area contributed by atoms with Gasteiger partial charge in [-0.3, -0.25) is 19.0 Å². The molecule has 0 saturated carbocycles. The Bertz CT molecular complexity index is 808. The molecule has 2 amide bonds. The van der Waals surface area contributed by atoms with Crippen LogP contribution in [0.25, 0.3) is 0 Å². The SMILES string of the molecule is CCN1C(=O)C[C@H](C(=O)NCCn2cc(C)cn2)[C@H]1c1cnn(C)c1C. The molecule has 1 fully saturated rings. The second-order valence-electron chi connectivity index (χ2n) is 6.82. The van der Waals surface area contributed by atoms with Gasteiger partial charge in [-0.15, -0.1) is 0 Å². The van der Waals surface area contributed by atoms with Crippen molar-refractivity contribution in [2.75, 3.05) is 13.1 Å². The predicted octanol–water partition coefficient (Wildman–Crippen LogP) is 0.959. The summed E-state index contributed by atoms with van der Waals surface area (Å²) in [4.78, 5) is 27.0. The van der Waals surface area contributed by atoms with Crippen LogP contribution in [-0.4, -0.2) is 49.4 Å². The maximum Gasteiger partial charge on any atom is 0.226 e. The first kappa shape index (κ1) is 18.2. The lowest BCUT2D eigenvalue weighted by molar-refractivity contribution is -0.129. The van der Waals surface area contributed by atoms with Gasteiger partial charge in [0.05, 0.1) is 30.9 Å². The molecule has 0 aliphatic carbocycles. The van der Waals surface area contributed by atoms with Crippen molar-refractivity contribution >= 4 is 11.8 Å². The highest BCUT2D eigenvalue weighted by Gasteiger charge is 2.44. The number of amides is 2. The van der Waals surface area contributed by atoms with E-state index in [1.807, 2.05) is 34.0 Å². The number of nitrogens with one attached hydrogen (secondary N) is 1. The van der Waals surface area contributed by atoms with Crippen LogP contribution in [0.3, 0.4) is 0 Å². The third kappa shape index (κ3) is 3.36. The normalized spacial score (nSPS) is 20.0. The Hall–Kier alpha value is -2.64. The quantitative estimate of drug-likeness (QED) is 0.833. The molecule has 140 valence electrons. The summed E-state index contributed by atoms with van der Waals surface area (Å²) in [6.45, 7) is 7.55. The van der Waals surface area contributed by atoms with Crippen LogP contribution in [0.1, 0.15) is 36.2 Å². The van der Waals surface area contributed by atoms with E-state index in [0.29, 0.717) is 19.6 Å². The van der Waals surface area contributed by atoms with E-state index in [1.165, 1.54) is 0 Å². The topological polar surface area (TPSA) is 85.1 Å². The summed E-state index contributed by atoms with van der Waals surface area (Å²) in [5, 5.41) is 11.5. The van der Waals surface area contributed by atoms with Crippen LogP contribution < -0.4 is 5.32 Å². The van der Waals surface area contributed by atoms with Gasteiger partial charge in [-0.25, -0.2) is 0 Å². The zero-order valence-electron chi connectivity index (χ0n) is 15.8. The fraction of sp³-hybridized carbons (Fsp3) is 0.556. The average Bonchev–Trinajstić information content (AvgIpc) is 3.26. The number of hydrogen-bond donors (Lipinski definition) is 1. The first-order valence-corrected chi connectivity index (χ1v) is 8.97. The summed E-state index contributed by atoms with van der Waals surface area (Å²) in [7, 11) is 1.87. The number of carbonyl (C=O) groups is 2. The summed E-state index contributed by atoms with van der Waals surface area (Å²) in [6, 6.07) is -0.256. The molecule has 0 radical (unpaired) electrons. The molecule has 26 heavy (non-hydrogen) atoms. The summed E-state index contributed by atoms with van der Waals surface area (Å²) in [5.41, 5.74) is 3.01. The van der Waals surface area contributed by atoms with Crippen LogP contribution in [0.15, 0.2) is 18.6 Å². The Morgan fingerprint density at radius 3 is 2.65 bits per heavy atom. The van der Waals surface area contributed by atoms with E-state index in [-0.39, 0.29) is 24.3 Å². The second-order valence-corrected chi connectivity index (χ2v) is 6.82. The zero-order chi connectivity index (χ0) is 18.8. The first-order chi connectivity index (χ1) is 12.4. The number of aryl methyl sites for hydroxylation is 2. The number of hydrogen-bond acceptors (Lipinski definition) is 4.